The lowest BCUT2D eigenvalue weighted by Gasteiger charge is -2.17. The molecule has 146 valence electrons. The zero-order chi connectivity index (χ0) is 19.8. The fourth-order valence-electron chi connectivity index (χ4n) is 3.26. The molecule has 3 rings (SSSR count). The third-order valence-corrected chi connectivity index (χ3v) is 4.87. The van der Waals surface area contributed by atoms with Crippen molar-refractivity contribution in [3.8, 4) is 17.0 Å². The average molecular weight is 383 g/mol. The largest absolute Gasteiger partial charge is 0.490 e. The van der Waals surface area contributed by atoms with Gasteiger partial charge in [0.1, 0.15) is 23.7 Å². The molecular weight excluding hydrogens is 362 g/mol. The monoisotopic (exact) mass is 383 g/mol. The van der Waals surface area contributed by atoms with Crippen LogP contribution in [-0.2, 0) is 0 Å². The van der Waals surface area contributed by atoms with Crippen LogP contribution < -0.4 is 10.5 Å². The van der Waals surface area contributed by atoms with Gasteiger partial charge in [-0.2, -0.15) is 0 Å². The first kappa shape index (κ1) is 19.5. The van der Waals surface area contributed by atoms with Crippen molar-refractivity contribution in [2.24, 2.45) is 17.6 Å². The van der Waals surface area contributed by atoms with Gasteiger partial charge in [0.25, 0.3) is 12.9 Å². The second-order valence-electron chi connectivity index (χ2n) is 7.23. The third-order valence-electron chi connectivity index (χ3n) is 4.87. The molecule has 0 amide bonds. The van der Waals surface area contributed by atoms with Crippen LogP contribution in [0.15, 0.2) is 30.5 Å². The van der Waals surface area contributed by atoms with Gasteiger partial charge in [-0.1, -0.05) is 13.8 Å². The standard InChI is InChI=1S/C19H21F4N3O/c1-10(2)12-8-19(12,24)9-27-15-4-3-13(26-16(15)18(22)23)11-5-6-25-14(7-11)17(20)21/h3-7,10,12,17-18H,8-9,24H2,1-2H3. The van der Waals surface area contributed by atoms with Gasteiger partial charge in [0.2, 0.25) is 0 Å². The van der Waals surface area contributed by atoms with Gasteiger partial charge in [-0.3, -0.25) is 4.98 Å². The van der Waals surface area contributed by atoms with E-state index in [9.17, 15) is 17.6 Å². The molecule has 2 atom stereocenters. The summed E-state index contributed by atoms with van der Waals surface area (Å²) in [5, 5.41) is 0. The van der Waals surface area contributed by atoms with Crippen molar-refractivity contribution >= 4 is 0 Å². The highest BCUT2D eigenvalue weighted by Gasteiger charge is 2.53. The Morgan fingerprint density at radius 3 is 2.52 bits per heavy atom. The molecule has 0 aromatic carbocycles. The first-order chi connectivity index (χ1) is 12.7. The Kier molecular flexibility index (Phi) is 5.37. The summed E-state index contributed by atoms with van der Waals surface area (Å²) >= 11 is 0. The van der Waals surface area contributed by atoms with Gasteiger partial charge in [0, 0.05) is 11.8 Å². The highest BCUT2D eigenvalue weighted by molar-refractivity contribution is 5.60. The lowest BCUT2D eigenvalue weighted by atomic mass is 10.1. The summed E-state index contributed by atoms with van der Waals surface area (Å²) in [4.78, 5) is 7.49. The van der Waals surface area contributed by atoms with Gasteiger partial charge in [0.05, 0.1) is 11.2 Å². The smallest absolute Gasteiger partial charge is 0.284 e. The van der Waals surface area contributed by atoms with Crippen LogP contribution in [0.25, 0.3) is 11.3 Å². The number of rotatable bonds is 7. The van der Waals surface area contributed by atoms with Crippen LogP contribution in [-0.4, -0.2) is 22.1 Å². The molecule has 1 aliphatic carbocycles. The number of ether oxygens (including phenoxy) is 1. The second-order valence-corrected chi connectivity index (χ2v) is 7.23. The molecule has 0 saturated heterocycles. The molecule has 27 heavy (non-hydrogen) atoms. The van der Waals surface area contributed by atoms with Crippen LogP contribution in [0.1, 0.15) is 44.5 Å². The number of hydrogen-bond donors (Lipinski definition) is 1. The van der Waals surface area contributed by atoms with Crippen molar-refractivity contribution in [2.75, 3.05) is 6.61 Å². The summed E-state index contributed by atoms with van der Waals surface area (Å²) in [6.07, 6.45) is -3.64. The topological polar surface area (TPSA) is 61.0 Å². The fourth-order valence-corrected chi connectivity index (χ4v) is 3.26. The number of aromatic nitrogens is 2. The zero-order valence-electron chi connectivity index (χ0n) is 15.0. The maximum Gasteiger partial charge on any atom is 0.284 e. The van der Waals surface area contributed by atoms with E-state index in [4.69, 9.17) is 10.5 Å². The van der Waals surface area contributed by atoms with Crippen LogP contribution in [0.4, 0.5) is 17.6 Å². The molecule has 0 bridgehead atoms. The van der Waals surface area contributed by atoms with Gasteiger partial charge in [0.15, 0.2) is 0 Å². The number of alkyl halides is 4. The van der Waals surface area contributed by atoms with E-state index >= 15 is 0 Å². The van der Waals surface area contributed by atoms with Crippen LogP contribution >= 0.6 is 0 Å². The minimum Gasteiger partial charge on any atom is -0.490 e. The summed E-state index contributed by atoms with van der Waals surface area (Å²) in [7, 11) is 0. The van der Waals surface area contributed by atoms with Crippen molar-refractivity contribution in [2.45, 2.75) is 38.7 Å². The first-order valence-electron chi connectivity index (χ1n) is 8.66. The van der Waals surface area contributed by atoms with E-state index in [1.54, 1.807) is 0 Å². The van der Waals surface area contributed by atoms with Crippen molar-refractivity contribution < 1.29 is 22.3 Å². The lowest BCUT2D eigenvalue weighted by Crippen LogP contribution is -2.34. The molecule has 2 heterocycles. The van der Waals surface area contributed by atoms with Crippen molar-refractivity contribution in [1.82, 2.24) is 9.97 Å². The van der Waals surface area contributed by atoms with E-state index in [1.807, 2.05) is 0 Å². The molecule has 2 unspecified atom stereocenters. The fraction of sp³-hybridized carbons (Fsp3) is 0.474. The van der Waals surface area contributed by atoms with Crippen molar-refractivity contribution in [3.63, 3.8) is 0 Å². The summed E-state index contributed by atoms with van der Waals surface area (Å²) in [6, 6.07) is 5.41. The van der Waals surface area contributed by atoms with E-state index in [1.165, 1.54) is 24.4 Å². The number of nitrogens with zero attached hydrogens (tertiary/aromatic N) is 2. The Bertz CT molecular complexity index is 815. The minimum atomic E-state index is -2.87. The molecule has 2 aromatic heterocycles. The van der Waals surface area contributed by atoms with E-state index < -0.39 is 29.8 Å². The van der Waals surface area contributed by atoms with Crippen LogP contribution in [0.2, 0.25) is 0 Å². The molecular formula is C19H21F4N3O. The molecule has 2 aromatic rings. The molecule has 0 radical (unpaired) electrons. The Hall–Kier alpha value is -2.22. The Morgan fingerprint density at radius 1 is 1.19 bits per heavy atom. The Morgan fingerprint density at radius 2 is 1.93 bits per heavy atom. The van der Waals surface area contributed by atoms with E-state index in [-0.39, 0.29) is 23.6 Å². The molecule has 4 nitrogen and oxygen atoms in total. The highest BCUT2D eigenvalue weighted by atomic mass is 19.3. The number of pyridine rings is 2. The van der Waals surface area contributed by atoms with Gasteiger partial charge in [-0.25, -0.2) is 22.5 Å². The molecule has 2 N–H and O–H groups in total. The Labute approximate surface area is 154 Å². The van der Waals surface area contributed by atoms with Gasteiger partial charge >= 0.3 is 0 Å². The molecule has 1 saturated carbocycles. The van der Waals surface area contributed by atoms with Crippen molar-refractivity contribution in [1.29, 1.82) is 0 Å². The van der Waals surface area contributed by atoms with Crippen molar-refractivity contribution in [3.05, 3.63) is 41.9 Å². The predicted octanol–water partition coefficient (Wildman–Crippen LogP) is 4.77. The molecule has 8 heteroatoms. The average Bonchev–Trinajstić information content (AvgIpc) is 3.32. The van der Waals surface area contributed by atoms with Crippen LogP contribution in [0, 0.1) is 11.8 Å². The maximum absolute atomic E-state index is 13.5. The zero-order valence-corrected chi connectivity index (χ0v) is 15.0. The number of nitrogens with two attached hydrogens (primary N) is 1. The lowest BCUT2D eigenvalue weighted by molar-refractivity contribution is 0.138. The van der Waals surface area contributed by atoms with E-state index in [0.29, 0.717) is 11.8 Å². The van der Waals surface area contributed by atoms with Crippen LogP contribution in [0.5, 0.6) is 5.75 Å². The Balaban J connectivity index is 1.82. The SMILES string of the molecule is CC(C)C1CC1(N)COc1ccc(-c2ccnc(C(F)F)c2)nc1C(F)F. The second kappa shape index (κ2) is 7.42. The van der Waals surface area contributed by atoms with Gasteiger partial charge in [-0.05, 0) is 42.5 Å². The van der Waals surface area contributed by atoms with Gasteiger partial charge < -0.3 is 10.5 Å². The highest BCUT2D eigenvalue weighted by Crippen LogP contribution is 2.46. The van der Waals surface area contributed by atoms with Gasteiger partial charge in [-0.15, -0.1) is 0 Å². The molecule has 1 aliphatic rings. The summed E-state index contributed by atoms with van der Waals surface area (Å²) in [6.45, 7) is 4.24. The van der Waals surface area contributed by atoms with Crippen LogP contribution in [0.3, 0.4) is 0 Å². The normalized spacial score (nSPS) is 21.9. The predicted molar refractivity (Wildman–Crippen MR) is 92.7 cm³/mol. The maximum atomic E-state index is 13.5. The first-order valence-corrected chi connectivity index (χ1v) is 8.66. The third kappa shape index (κ3) is 4.21. The number of hydrogen-bond acceptors (Lipinski definition) is 4. The summed E-state index contributed by atoms with van der Waals surface area (Å²) in [5.41, 5.74) is 5.17. The number of halogens is 4. The molecule has 0 aliphatic heterocycles. The molecule has 1 fully saturated rings. The quantitative estimate of drug-likeness (QED) is 0.700. The summed E-state index contributed by atoms with van der Waals surface area (Å²) in [5.74, 6) is 0.643. The van der Waals surface area contributed by atoms with E-state index in [0.717, 1.165) is 12.5 Å². The molecule has 0 spiro atoms. The summed E-state index contributed by atoms with van der Waals surface area (Å²) < 4.78 is 58.1. The van der Waals surface area contributed by atoms with E-state index in [2.05, 4.69) is 23.8 Å². The minimum absolute atomic E-state index is 0.0453.